The summed E-state index contributed by atoms with van der Waals surface area (Å²) in [6.45, 7) is 4.21. The van der Waals surface area contributed by atoms with Crippen molar-refractivity contribution < 1.29 is 18.0 Å². The van der Waals surface area contributed by atoms with E-state index in [0.717, 1.165) is 14.9 Å². The van der Waals surface area contributed by atoms with Gasteiger partial charge in [-0.25, -0.2) is 0 Å². The molecular weight excluding hydrogens is 335 g/mol. The summed E-state index contributed by atoms with van der Waals surface area (Å²) in [5.41, 5.74) is 1.09. The fourth-order valence-corrected chi connectivity index (χ4v) is 2.08. The molecule has 0 aliphatic rings. The summed E-state index contributed by atoms with van der Waals surface area (Å²) in [6.07, 6.45) is -4.39. The Bertz CT molecular complexity index is 486. The van der Waals surface area contributed by atoms with Crippen molar-refractivity contribution >= 4 is 21.8 Å². The molecule has 0 aliphatic heterocycles. The summed E-state index contributed by atoms with van der Waals surface area (Å²) >= 11 is 3.30. The molecule has 0 heterocycles. The highest BCUT2D eigenvalue weighted by atomic mass is 79.9. The Labute approximate surface area is 125 Å². The van der Waals surface area contributed by atoms with Crippen molar-refractivity contribution in [2.45, 2.75) is 26.9 Å². The number of carbonyl (C=O) groups excluding carboxylic acids is 1. The van der Waals surface area contributed by atoms with Crippen LogP contribution in [0.3, 0.4) is 0 Å². The van der Waals surface area contributed by atoms with Crippen molar-refractivity contribution in [1.29, 1.82) is 0 Å². The molecule has 0 atom stereocenters. The SMILES string of the molecule is Cc1cc(C(=O)N(CC(C)C)CC(F)(F)F)ccc1Br. The third-order valence-electron chi connectivity index (χ3n) is 2.65. The quantitative estimate of drug-likeness (QED) is 0.786. The second-order valence-corrected chi connectivity index (χ2v) is 6.01. The van der Waals surface area contributed by atoms with E-state index in [1.807, 2.05) is 0 Å². The number of carbonyl (C=O) groups is 1. The van der Waals surface area contributed by atoms with Gasteiger partial charge in [-0.2, -0.15) is 13.2 Å². The predicted octanol–water partition coefficient (Wildman–Crippen LogP) is 4.42. The topological polar surface area (TPSA) is 20.3 Å². The van der Waals surface area contributed by atoms with Gasteiger partial charge in [-0.15, -0.1) is 0 Å². The molecule has 0 aliphatic carbocycles. The number of hydrogen-bond acceptors (Lipinski definition) is 1. The lowest BCUT2D eigenvalue weighted by molar-refractivity contribution is -0.141. The van der Waals surface area contributed by atoms with Gasteiger partial charge in [0.15, 0.2) is 0 Å². The lowest BCUT2D eigenvalue weighted by atomic mass is 10.1. The van der Waals surface area contributed by atoms with Gasteiger partial charge in [-0.05, 0) is 36.6 Å². The van der Waals surface area contributed by atoms with Crippen molar-refractivity contribution in [1.82, 2.24) is 4.90 Å². The third-order valence-corrected chi connectivity index (χ3v) is 3.54. The molecule has 0 aromatic heterocycles. The summed E-state index contributed by atoms with van der Waals surface area (Å²) in [6, 6.07) is 4.79. The van der Waals surface area contributed by atoms with Crippen molar-refractivity contribution in [3.05, 3.63) is 33.8 Å². The van der Waals surface area contributed by atoms with Gasteiger partial charge in [-0.1, -0.05) is 29.8 Å². The molecule has 1 aromatic carbocycles. The first-order chi connectivity index (χ1) is 9.10. The minimum Gasteiger partial charge on any atom is -0.329 e. The van der Waals surface area contributed by atoms with Crippen LogP contribution in [-0.4, -0.2) is 30.1 Å². The highest BCUT2D eigenvalue weighted by molar-refractivity contribution is 9.10. The van der Waals surface area contributed by atoms with Crippen molar-refractivity contribution in [2.24, 2.45) is 5.92 Å². The van der Waals surface area contributed by atoms with Crippen LogP contribution < -0.4 is 0 Å². The molecule has 1 aromatic rings. The van der Waals surface area contributed by atoms with Gasteiger partial charge in [-0.3, -0.25) is 4.79 Å². The molecule has 0 saturated carbocycles. The van der Waals surface area contributed by atoms with E-state index >= 15 is 0 Å². The maximum Gasteiger partial charge on any atom is 0.406 e. The summed E-state index contributed by atoms with van der Waals surface area (Å²) in [5, 5.41) is 0. The second kappa shape index (κ2) is 6.61. The Morgan fingerprint density at radius 1 is 1.35 bits per heavy atom. The summed E-state index contributed by atoms with van der Waals surface area (Å²) < 4.78 is 38.5. The van der Waals surface area contributed by atoms with Gasteiger partial charge in [0.2, 0.25) is 0 Å². The average Bonchev–Trinajstić information content (AvgIpc) is 2.28. The zero-order valence-electron chi connectivity index (χ0n) is 11.6. The zero-order valence-corrected chi connectivity index (χ0v) is 13.2. The number of halogens is 4. The molecule has 0 radical (unpaired) electrons. The molecule has 0 unspecified atom stereocenters. The number of nitrogens with zero attached hydrogens (tertiary/aromatic N) is 1. The molecule has 1 rings (SSSR count). The van der Waals surface area contributed by atoms with E-state index in [1.54, 1.807) is 32.9 Å². The molecule has 20 heavy (non-hydrogen) atoms. The normalized spacial score (nSPS) is 11.8. The number of amides is 1. The number of aryl methyl sites for hydroxylation is 1. The largest absolute Gasteiger partial charge is 0.406 e. The van der Waals surface area contributed by atoms with E-state index in [1.165, 1.54) is 6.07 Å². The van der Waals surface area contributed by atoms with Crippen LogP contribution in [0.1, 0.15) is 29.8 Å². The van der Waals surface area contributed by atoms with Gasteiger partial charge in [0.1, 0.15) is 6.54 Å². The van der Waals surface area contributed by atoms with Crippen LogP contribution in [0.25, 0.3) is 0 Å². The number of alkyl halides is 3. The van der Waals surface area contributed by atoms with E-state index in [9.17, 15) is 18.0 Å². The van der Waals surface area contributed by atoms with E-state index in [0.29, 0.717) is 0 Å². The van der Waals surface area contributed by atoms with E-state index in [4.69, 9.17) is 0 Å². The second-order valence-electron chi connectivity index (χ2n) is 5.16. The number of hydrogen-bond donors (Lipinski definition) is 0. The molecule has 0 fully saturated rings. The Morgan fingerprint density at radius 3 is 2.40 bits per heavy atom. The minimum absolute atomic E-state index is 0.0298. The van der Waals surface area contributed by atoms with Crippen LogP contribution in [0.15, 0.2) is 22.7 Å². The van der Waals surface area contributed by atoms with E-state index in [-0.39, 0.29) is 18.0 Å². The Hall–Kier alpha value is -1.04. The molecule has 1 amide bonds. The van der Waals surface area contributed by atoms with Crippen molar-refractivity contribution in [3.8, 4) is 0 Å². The number of benzene rings is 1. The van der Waals surface area contributed by atoms with E-state index < -0.39 is 18.6 Å². The molecular formula is C14H17BrF3NO. The lowest BCUT2D eigenvalue weighted by Gasteiger charge is -2.26. The minimum atomic E-state index is -4.39. The first-order valence-electron chi connectivity index (χ1n) is 6.22. The van der Waals surface area contributed by atoms with Crippen LogP contribution in [0.4, 0.5) is 13.2 Å². The fourth-order valence-electron chi connectivity index (χ4n) is 1.84. The molecule has 0 spiro atoms. The average molecular weight is 352 g/mol. The molecule has 112 valence electrons. The first kappa shape index (κ1) is 17.0. The van der Waals surface area contributed by atoms with Gasteiger partial charge in [0.05, 0.1) is 0 Å². The maximum absolute atomic E-state index is 12.6. The molecule has 6 heteroatoms. The van der Waals surface area contributed by atoms with Gasteiger partial charge in [0.25, 0.3) is 5.91 Å². The van der Waals surface area contributed by atoms with Crippen LogP contribution in [-0.2, 0) is 0 Å². The smallest absolute Gasteiger partial charge is 0.329 e. The zero-order chi connectivity index (χ0) is 15.5. The van der Waals surface area contributed by atoms with Crippen molar-refractivity contribution in [3.63, 3.8) is 0 Å². The monoisotopic (exact) mass is 351 g/mol. The lowest BCUT2D eigenvalue weighted by Crippen LogP contribution is -2.41. The van der Waals surface area contributed by atoms with Gasteiger partial charge in [0, 0.05) is 16.6 Å². The first-order valence-corrected chi connectivity index (χ1v) is 7.01. The maximum atomic E-state index is 12.6. The Kier molecular flexibility index (Phi) is 5.62. The van der Waals surface area contributed by atoms with E-state index in [2.05, 4.69) is 15.9 Å². The fraction of sp³-hybridized carbons (Fsp3) is 0.500. The Balaban J connectivity index is 2.99. The predicted molar refractivity (Wildman–Crippen MR) is 75.7 cm³/mol. The highest BCUT2D eigenvalue weighted by Gasteiger charge is 2.33. The third kappa shape index (κ3) is 5.15. The summed E-state index contributed by atoms with van der Waals surface area (Å²) in [4.78, 5) is 13.1. The molecule has 0 bridgehead atoms. The molecule has 2 nitrogen and oxygen atoms in total. The van der Waals surface area contributed by atoms with Crippen LogP contribution in [0.5, 0.6) is 0 Å². The standard InChI is InChI=1S/C14H17BrF3NO/c1-9(2)7-19(8-14(16,17)18)13(20)11-4-5-12(15)10(3)6-11/h4-6,9H,7-8H2,1-3H3. The van der Waals surface area contributed by atoms with Gasteiger partial charge >= 0.3 is 6.18 Å². The van der Waals surface area contributed by atoms with Gasteiger partial charge < -0.3 is 4.90 Å². The summed E-state index contributed by atoms with van der Waals surface area (Å²) in [7, 11) is 0. The number of rotatable bonds is 4. The Morgan fingerprint density at radius 2 is 1.95 bits per heavy atom. The molecule has 0 N–H and O–H groups in total. The highest BCUT2D eigenvalue weighted by Crippen LogP contribution is 2.21. The van der Waals surface area contributed by atoms with Crippen LogP contribution >= 0.6 is 15.9 Å². The summed E-state index contributed by atoms with van der Waals surface area (Å²) in [5.74, 6) is -0.621. The van der Waals surface area contributed by atoms with Crippen LogP contribution in [0.2, 0.25) is 0 Å². The van der Waals surface area contributed by atoms with Crippen LogP contribution in [0, 0.1) is 12.8 Å². The molecule has 0 saturated heterocycles. The van der Waals surface area contributed by atoms with Crippen molar-refractivity contribution in [2.75, 3.05) is 13.1 Å².